The highest BCUT2D eigenvalue weighted by Gasteiger charge is 2.37. The minimum Gasteiger partial charge on any atom is -0.444 e. The number of nitrogens with zero attached hydrogens (tertiary/aromatic N) is 1. The average molecular weight is 247 g/mol. The van der Waals surface area contributed by atoms with Gasteiger partial charge in [-0.1, -0.05) is 0 Å². The van der Waals surface area contributed by atoms with Crippen LogP contribution >= 0.6 is 0 Å². The van der Waals surface area contributed by atoms with Gasteiger partial charge in [-0.05, 0) is 40.5 Å². The van der Waals surface area contributed by atoms with E-state index in [9.17, 15) is 14.3 Å². The Morgan fingerprint density at radius 2 is 2.06 bits per heavy atom. The van der Waals surface area contributed by atoms with Crippen molar-refractivity contribution < 1.29 is 19.0 Å². The SMILES string of the molecule is CC(C)(C)OC(=O)N1CC[C@H](F)[C@](C)(O)CC1. The molecular weight excluding hydrogens is 225 g/mol. The Balaban J connectivity index is 2.60. The number of ether oxygens (including phenoxy) is 1. The van der Waals surface area contributed by atoms with E-state index in [1.807, 2.05) is 0 Å². The van der Waals surface area contributed by atoms with Gasteiger partial charge >= 0.3 is 6.09 Å². The van der Waals surface area contributed by atoms with Crippen LogP contribution in [0.25, 0.3) is 0 Å². The topological polar surface area (TPSA) is 49.8 Å². The van der Waals surface area contributed by atoms with Crippen molar-refractivity contribution in [2.24, 2.45) is 0 Å². The van der Waals surface area contributed by atoms with Crippen LogP contribution in [-0.2, 0) is 4.74 Å². The molecule has 2 atom stereocenters. The predicted molar refractivity (Wildman–Crippen MR) is 62.6 cm³/mol. The van der Waals surface area contributed by atoms with Gasteiger partial charge in [-0.2, -0.15) is 0 Å². The molecule has 0 unspecified atom stereocenters. The first-order valence-electron chi connectivity index (χ1n) is 5.96. The van der Waals surface area contributed by atoms with Crippen LogP contribution in [0.1, 0.15) is 40.5 Å². The maximum Gasteiger partial charge on any atom is 0.410 e. The number of likely N-dealkylation sites (tertiary alicyclic amines) is 1. The molecule has 1 amide bonds. The van der Waals surface area contributed by atoms with Crippen molar-refractivity contribution in [1.29, 1.82) is 0 Å². The van der Waals surface area contributed by atoms with Crippen molar-refractivity contribution in [2.75, 3.05) is 13.1 Å². The molecule has 1 N–H and O–H groups in total. The molecule has 1 heterocycles. The number of halogens is 1. The summed E-state index contributed by atoms with van der Waals surface area (Å²) in [7, 11) is 0. The monoisotopic (exact) mass is 247 g/mol. The zero-order chi connectivity index (χ0) is 13.3. The third-order valence-electron chi connectivity index (χ3n) is 2.87. The fraction of sp³-hybridized carbons (Fsp3) is 0.917. The Kier molecular flexibility index (Phi) is 4.02. The van der Waals surface area contributed by atoms with Crippen LogP contribution < -0.4 is 0 Å². The zero-order valence-electron chi connectivity index (χ0n) is 11.0. The largest absolute Gasteiger partial charge is 0.444 e. The highest BCUT2D eigenvalue weighted by atomic mass is 19.1. The minimum absolute atomic E-state index is 0.145. The van der Waals surface area contributed by atoms with Gasteiger partial charge in [0, 0.05) is 13.1 Å². The van der Waals surface area contributed by atoms with E-state index in [2.05, 4.69) is 0 Å². The van der Waals surface area contributed by atoms with Crippen molar-refractivity contribution in [3.63, 3.8) is 0 Å². The fourth-order valence-corrected chi connectivity index (χ4v) is 1.72. The second-order valence-corrected chi connectivity index (χ2v) is 5.83. The summed E-state index contributed by atoms with van der Waals surface area (Å²) in [6.45, 7) is 7.44. The molecule has 0 aromatic rings. The van der Waals surface area contributed by atoms with Crippen molar-refractivity contribution in [2.45, 2.75) is 57.9 Å². The highest BCUT2D eigenvalue weighted by Crippen LogP contribution is 2.25. The van der Waals surface area contributed by atoms with Gasteiger partial charge in [-0.3, -0.25) is 0 Å². The molecule has 5 heteroatoms. The number of carbonyl (C=O) groups excluding carboxylic acids is 1. The third-order valence-corrected chi connectivity index (χ3v) is 2.87. The van der Waals surface area contributed by atoms with Gasteiger partial charge in [0.2, 0.25) is 0 Å². The van der Waals surface area contributed by atoms with Gasteiger partial charge in [-0.25, -0.2) is 9.18 Å². The van der Waals surface area contributed by atoms with E-state index >= 15 is 0 Å². The van der Waals surface area contributed by atoms with Crippen LogP contribution in [0.2, 0.25) is 0 Å². The van der Waals surface area contributed by atoms with Crippen molar-refractivity contribution in [1.82, 2.24) is 4.90 Å². The third kappa shape index (κ3) is 4.15. The summed E-state index contributed by atoms with van der Waals surface area (Å²) in [4.78, 5) is 13.2. The number of hydrogen-bond donors (Lipinski definition) is 1. The number of alkyl halides is 1. The Morgan fingerprint density at radius 3 is 2.59 bits per heavy atom. The Bertz CT molecular complexity index is 286. The number of amides is 1. The zero-order valence-corrected chi connectivity index (χ0v) is 11.0. The van der Waals surface area contributed by atoms with Gasteiger partial charge < -0.3 is 14.7 Å². The number of carbonyl (C=O) groups is 1. The first-order valence-corrected chi connectivity index (χ1v) is 5.96. The molecule has 0 aromatic heterocycles. The molecule has 0 bridgehead atoms. The van der Waals surface area contributed by atoms with E-state index in [1.54, 1.807) is 20.8 Å². The minimum atomic E-state index is -1.35. The number of aliphatic hydroxyl groups is 1. The standard InChI is InChI=1S/C12H22FNO3/c1-11(2,3)17-10(15)14-7-5-9(13)12(4,16)6-8-14/h9,16H,5-8H2,1-4H3/t9-,12+/m0/s1. The first kappa shape index (κ1) is 14.2. The molecule has 4 nitrogen and oxygen atoms in total. The van der Waals surface area contributed by atoms with Crippen molar-refractivity contribution in [3.8, 4) is 0 Å². The smallest absolute Gasteiger partial charge is 0.410 e. The molecule has 1 rings (SSSR count). The molecule has 0 aromatic carbocycles. The molecule has 0 spiro atoms. The predicted octanol–water partition coefficient (Wildman–Crippen LogP) is 2.11. The second kappa shape index (κ2) is 4.80. The van der Waals surface area contributed by atoms with Gasteiger partial charge in [0.1, 0.15) is 11.8 Å². The van der Waals surface area contributed by atoms with E-state index in [0.29, 0.717) is 6.54 Å². The maximum absolute atomic E-state index is 13.6. The van der Waals surface area contributed by atoms with Crippen LogP contribution in [0, 0.1) is 0 Å². The highest BCUT2D eigenvalue weighted by molar-refractivity contribution is 5.68. The first-order chi connectivity index (χ1) is 7.62. The summed E-state index contributed by atoms with van der Waals surface area (Å²) < 4.78 is 18.8. The average Bonchev–Trinajstić information content (AvgIpc) is 2.25. The fourth-order valence-electron chi connectivity index (χ4n) is 1.72. The molecule has 1 aliphatic heterocycles. The lowest BCUT2D eigenvalue weighted by Crippen LogP contribution is -2.38. The molecule has 1 fully saturated rings. The molecule has 1 aliphatic rings. The molecule has 0 radical (unpaired) electrons. The molecular formula is C12H22FNO3. The number of hydrogen-bond acceptors (Lipinski definition) is 3. The van der Waals surface area contributed by atoms with Gasteiger partial charge in [-0.15, -0.1) is 0 Å². The molecule has 1 saturated heterocycles. The van der Waals surface area contributed by atoms with Gasteiger partial charge in [0.05, 0.1) is 5.60 Å². The van der Waals surface area contributed by atoms with E-state index in [1.165, 1.54) is 11.8 Å². The molecule has 17 heavy (non-hydrogen) atoms. The number of rotatable bonds is 0. The summed E-state index contributed by atoms with van der Waals surface area (Å²) in [6, 6.07) is 0. The van der Waals surface area contributed by atoms with Crippen LogP contribution in [-0.4, -0.2) is 46.6 Å². The summed E-state index contributed by atoms with van der Waals surface area (Å²) in [5, 5.41) is 9.80. The van der Waals surface area contributed by atoms with Crippen molar-refractivity contribution in [3.05, 3.63) is 0 Å². The second-order valence-electron chi connectivity index (χ2n) is 5.83. The normalized spacial score (nSPS) is 30.9. The quantitative estimate of drug-likeness (QED) is 0.713. The molecule has 0 saturated carbocycles. The lowest BCUT2D eigenvalue weighted by molar-refractivity contribution is -0.0220. The van der Waals surface area contributed by atoms with Crippen molar-refractivity contribution >= 4 is 6.09 Å². The summed E-state index contributed by atoms with van der Waals surface area (Å²) in [5.74, 6) is 0. The van der Waals surface area contributed by atoms with Crippen LogP contribution in [0.4, 0.5) is 9.18 Å². The van der Waals surface area contributed by atoms with E-state index in [4.69, 9.17) is 4.74 Å². The summed E-state index contributed by atoms with van der Waals surface area (Å²) in [5.41, 5.74) is -1.90. The molecule has 0 aliphatic carbocycles. The van der Waals surface area contributed by atoms with E-state index in [-0.39, 0.29) is 19.4 Å². The van der Waals surface area contributed by atoms with Crippen LogP contribution in [0.5, 0.6) is 0 Å². The van der Waals surface area contributed by atoms with Crippen LogP contribution in [0.3, 0.4) is 0 Å². The van der Waals surface area contributed by atoms with Gasteiger partial charge in [0.25, 0.3) is 0 Å². The lowest BCUT2D eigenvalue weighted by Gasteiger charge is -2.26. The Hall–Kier alpha value is -0.840. The van der Waals surface area contributed by atoms with Crippen LogP contribution in [0.15, 0.2) is 0 Å². The summed E-state index contributed by atoms with van der Waals surface area (Å²) >= 11 is 0. The Labute approximate surface area is 102 Å². The maximum atomic E-state index is 13.6. The Morgan fingerprint density at radius 1 is 1.47 bits per heavy atom. The molecule has 100 valence electrons. The summed E-state index contributed by atoms with van der Waals surface area (Å²) in [6.07, 6.45) is -1.36. The van der Waals surface area contributed by atoms with Gasteiger partial charge in [0.15, 0.2) is 0 Å². The lowest BCUT2D eigenvalue weighted by atomic mass is 9.96. The van der Waals surface area contributed by atoms with E-state index in [0.717, 1.165) is 0 Å². The van der Waals surface area contributed by atoms with E-state index < -0.39 is 23.5 Å².